The molecule has 0 rings (SSSR count). The van der Waals surface area contributed by atoms with Crippen LogP contribution >= 0.6 is 7.37 Å². The minimum Gasteiger partial charge on any atom is -0.435 e. The second kappa shape index (κ2) is 8.67. The van der Waals surface area contributed by atoms with Crippen molar-refractivity contribution in [1.82, 2.24) is 0 Å². The average Bonchev–Trinajstić information content (AvgIpc) is 2.38. The Morgan fingerprint density at radius 1 is 1.16 bits per heavy atom. The van der Waals surface area contributed by atoms with Gasteiger partial charge in [0.1, 0.15) is 0 Å². The number of carbonyl (C=O) groups is 2. The summed E-state index contributed by atoms with van der Waals surface area (Å²) in [5.74, 6) is -1.56. The third-order valence-corrected chi connectivity index (χ3v) is 4.88. The Bertz CT molecular complexity index is 382. The molecule has 0 saturated heterocycles. The summed E-state index contributed by atoms with van der Waals surface area (Å²) in [6, 6.07) is 0. The summed E-state index contributed by atoms with van der Waals surface area (Å²) in [4.78, 5) is 22.9. The van der Waals surface area contributed by atoms with E-state index in [9.17, 15) is 14.2 Å². The van der Waals surface area contributed by atoms with Crippen LogP contribution in [0.25, 0.3) is 0 Å². The second-order valence-corrected chi connectivity index (χ2v) is 6.61. The first kappa shape index (κ1) is 17.6. The SMILES string of the molecule is C=COC(=O)CC(OP(=O)(CC)CC)C(=O)OC=C. The molecule has 0 N–H and O–H groups in total. The monoisotopic (exact) mass is 290 g/mol. The maximum atomic E-state index is 12.2. The standard InChI is InChI=1S/C12H19O6P/c1-5-16-11(13)9-10(12(14)17-6-2)18-19(15,7-3)8-4/h5-6,10H,1-2,7-9H2,3-4H3. The Morgan fingerprint density at radius 3 is 2.11 bits per heavy atom. The molecule has 0 bridgehead atoms. The number of hydrogen-bond acceptors (Lipinski definition) is 6. The zero-order valence-corrected chi connectivity index (χ0v) is 12.1. The molecule has 0 aromatic carbocycles. The summed E-state index contributed by atoms with van der Waals surface area (Å²) < 4.78 is 26.5. The zero-order chi connectivity index (χ0) is 14.9. The molecular formula is C12H19O6P. The Kier molecular flexibility index (Phi) is 8.03. The maximum absolute atomic E-state index is 12.2. The van der Waals surface area contributed by atoms with E-state index in [1.807, 2.05) is 0 Å². The summed E-state index contributed by atoms with van der Waals surface area (Å²) in [6.07, 6.45) is 0.701. The van der Waals surface area contributed by atoms with Crippen molar-refractivity contribution in [3.05, 3.63) is 25.7 Å². The van der Waals surface area contributed by atoms with Gasteiger partial charge in [0.25, 0.3) is 0 Å². The molecule has 0 spiro atoms. The van der Waals surface area contributed by atoms with Gasteiger partial charge in [0.05, 0.1) is 18.9 Å². The van der Waals surface area contributed by atoms with Crippen molar-refractivity contribution in [2.45, 2.75) is 26.4 Å². The summed E-state index contributed by atoms with van der Waals surface area (Å²) in [6.45, 7) is 9.83. The largest absolute Gasteiger partial charge is 0.435 e. The first-order valence-corrected chi connectivity index (χ1v) is 7.80. The van der Waals surface area contributed by atoms with Gasteiger partial charge in [0, 0.05) is 12.3 Å². The van der Waals surface area contributed by atoms with Crippen LogP contribution in [-0.4, -0.2) is 30.4 Å². The smallest absolute Gasteiger partial charge is 0.341 e. The predicted octanol–water partition coefficient (Wildman–Crippen LogP) is 2.45. The molecule has 0 aliphatic rings. The van der Waals surface area contributed by atoms with Crippen molar-refractivity contribution in [3.63, 3.8) is 0 Å². The van der Waals surface area contributed by atoms with Crippen LogP contribution in [0.3, 0.4) is 0 Å². The first-order valence-electron chi connectivity index (χ1n) is 5.80. The normalized spacial score (nSPS) is 12.3. The van der Waals surface area contributed by atoms with Crippen molar-refractivity contribution in [2.24, 2.45) is 0 Å². The number of esters is 2. The number of ether oxygens (including phenoxy) is 2. The summed E-state index contributed by atoms with van der Waals surface area (Å²) in [7, 11) is -2.96. The summed E-state index contributed by atoms with van der Waals surface area (Å²) in [5.41, 5.74) is 0. The van der Waals surface area contributed by atoms with E-state index >= 15 is 0 Å². The Labute approximate surface area is 112 Å². The van der Waals surface area contributed by atoms with Gasteiger partial charge in [-0.2, -0.15) is 0 Å². The van der Waals surface area contributed by atoms with Gasteiger partial charge in [-0.25, -0.2) is 4.79 Å². The molecule has 6 nitrogen and oxygen atoms in total. The van der Waals surface area contributed by atoms with Gasteiger partial charge in [-0.1, -0.05) is 27.0 Å². The quantitative estimate of drug-likeness (QED) is 0.369. The minimum absolute atomic E-state index is 0.262. The fourth-order valence-electron chi connectivity index (χ4n) is 1.22. The van der Waals surface area contributed by atoms with Crippen molar-refractivity contribution < 1.29 is 28.2 Å². The van der Waals surface area contributed by atoms with Crippen LogP contribution in [0.5, 0.6) is 0 Å². The van der Waals surface area contributed by atoms with Gasteiger partial charge in [-0.3, -0.25) is 9.36 Å². The number of rotatable bonds is 9. The molecule has 1 atom stereocenters. The maximum Gasteiger partial charge on any atom is 0.341 e. The Balaban J connectivity index is 4.90. The molecule has 108 valence electrons. The zero-order valence-electron chi connectivity index (χ0n) is 11.2. The van der Waals surface area contributed by atoms with Crippen molar-refractivity contribution in [3.8, 4) is 0 Å². The predicted molar refractivity (Wildman–Crippen MR) is 70.8 cm³/mol. The molecule has 0 radical (unpaired) electrons. The van der Waals surface area contributed by atoms with E-state index < -0.39 is 31.8 Å². The molecule has 7 heteroatoms. The van der Waals surface area contributed by atoms with Gasteiger partial charge in [0.2, 0.25) is 7.37 Å². The van der Waals surface area contributed by atoms with E-state index in [2.05, 4.69) is 22.6 Å². The minimum atomic E-state index is -2.96. The summed E-state index contributed by atoms with van der Waals surface area (Å²) >= 11 is 0. The number of hydrogen-bond donors (Lipinski definition) is 0. The highest BCUT2D eigenvalue weighted by atomic mass is 31.2. The van der Waals surface area contributed by atoms with E-state index in [-0.39, 0.29) is 12.3 Å². The fourth-order valence-corrected chi connectivity index (χ4v) is 2.59. The molecular weight excluding hydrogens is 271 g/mol. The van der Waals surface area contributed by atoms with Gasteiger partial charge < -0.3 is 14.0 Å². The lowest BCUT2D eigenvalue weighted by Crippen LogP contribution is -2.28. The van der Waals surface area contributed by atoms with Gasteiger partial charge >= 0.3 is 11.9 Å². The highest BCUT2D eigenvalue weighted by Gasteiger charge is 2.32. The third-order valence-electron chi connectivity index (χ3n) is 2.31. The first-order chi connectivity index (χ1) is 8.92. The second-order valence-electron chi connectivity index (χ2n) is 3.51. The molecule has 0 aliphatic heterocycles. The van der Waals surface area contributed by atoms with Crippen LogP contribution in [0.4, 0.5) is 0 Å². The highest BCUT2D eigenvalue weighted by molar-refractivity contribution is 7.58. The Hall–Kier alpha value is -1.39. The van der Waals surface area contributed by atoms with Crippen LogP contribution in [0.15, 0.2) is 25.7 Å². The third kappa shape index (κ3) is 6.36. The molecule has 0 amide bonds. The highest BCUT2D eigenvalue weighted by Crippen LogP contribution is 2.47. The molecule has 0 saturated carbocycles. The van der Waals surface area contributed by atoms with Crippen LogP contribution in [0, 0.1) is 0 Å². The van der Waals surface area contributed by atoms with Gasteiger partial charge in [-0.05, 0) is 0 Å². The number of carbonyl (C=O) groups excluding carboxylic acids is 2. The van der Waals surface area contributed by atoms with E-state index in [1.165, 1.54) is 0 Å². The van der Waals surface area contributed by atoms with Crippen LogP contribution < -0.4 is 0 Å². The molecule has 0 aromatic heterocycles. The van der Waals surface area contributed by atoms with E-state index in [0.29, 0.717) is 0 Å². The topological polar surface area (TPSA) is 78.9 Å². The van der Waals surface area contributed by atoms with Crippen molar-refractivity contribution in [1.29, 1.82) is 0 Å². The lowest BCUT2D eigenvalue weighted by Gasteiger charge is -2.21. The molecule has 0 aliphatic carbocycles. The molecule has 0 heterocycles. The molecule has 0 aromatic rings. The van der Waals surface area contributed by atoms with E-state index in [1.54, 1.807) is 13.8 Å². The van der Waals surface area contributed by atoms with Crippen molar-refractivity contribution in [2.75, 3.05) is 12.3 Å². The van der Waals surface area contributed by atoms with Crippen LogP contribution in [0.2, 0.25) is 0 Å². The lowest BCUT2D eigenvalue weighted by molar-refractivity contribution is -0.152. The average molecular weight is 290 g/mol. The fraction of sp³-hybridized carbons (Fsp3) is 0.500. The van der Waals surface area contributed by atoms with Crippen LogP contribution in [0.1, 0.15) is 20.3 Å². The van der Waals surface area contributed by atoms with E-state index in [0.717, 1.165) is 12.5 Å². The van der Waals surface area contributed by atoms with Crippen LogP contribution in [-0.2, 0) is 28.2 Å². The van der Waals surface area contributed by atoms with Gasteiger partial charge in [0.15, 0.2) is 6.10 Å². The molecule has 0 fully saturated rings. The van der Waals surface area contributed by atoms with Gasteiger partial charge in [-0.15, -0.1) is 0 Å². The molecule has 1 unspecified atom stereocenters. The summed E-state index contributed by atoms with van der Waals surface area (Å²) in [5, 5.41) is 0. The Morgan fingerprint density at radius 2 is 1.68 bits per heavy atom. The van der Waals surface area contributed by atoms with Crippen molar-refractivity contribution >= 4 is 19.3 Å². The van der Waals surface area contributed by atoms with E-state index in [4.69, 9.17) is 4.52 Å². The lowest BCUT2D eigenvalue weighted by atomic mass is 10.2. The molecule has 19 heavy (non-hydrogen) atoms.